The summed E-state index contributed by atoms with van der Waals surface area (Å²) in [6.07, 6.45) is -8.83. The normalized spacial score (nSPS) is 14.6. The molecule has 0 radical (unpaired) electrons. The molecule has 0 aliphatic heterocycles. The van der Waals surface area contributed by atoms with Gasteiger partial charge in [0, 0.05) is 39.1 Å². The summed E-state index contributed by atoms with van der Waals surface area (Å²) < 4.78 is 79.0. The molecule has 3 atom stereocenters. The van der Waals surface area contributed by atoms with Crippen LogP contribution < -0.4 is 27.8 Å². The molecule has 0 aliphatic rings. The van der Waals surface area contributed by atoms with Gasteiger partial charge in [0.1, 0.15) is 12.1 Å². The van der Waals surface area contributed by atoms with Crippen LogP contribution in [-0.4, -0.2) is 78.9 Å². The topological polar surface area (TPSA) is 186 Å². The largest absolute Gasteiger partial charge is 0.572 e. The Morgan fingerprint density at radius 1 is 1.02 bits per heavy atom. The number of nitrogens with zero attached hydrogens (tertiary/aromatic N) is 1. The van der Waals surface area contributed by atoms with Crippen LogP contribution in [0.15, 0.2) is 48.3 Å². The van der Waals surface area contributed by atoms with Gasteiger partial charge in [-0.3, -0.25) is 14.4 Å². The summed E-state index contributed by atoms with van der Waals surface area (Å²) >= 11 is 0. The molecule has 0 bridgehead atoms. The number of rotatable bonds is 17. The lowest BCUT2D eigenvalue weighted by Gasteiger charge is -2.26. The van der Waals surface area contributed by atoms with Crippen LogP contribution >= 0.6 is 0 Å². The minimum Gasteiger partial charge on any atom is -0.414 e. The van der Waals surface area contributed by atoms with Crippen molar-refractivity contribution in [2.75, 3.05) is 32.7 Å². The zero-order valence-electron chi connectivity index (χ0n) is 24.0. The third-order valence-corrected chi connectivity index (χ3v) is 6.19. The maximum atomic E-state index is 13.1. The highest BCUT2D eigenvalue weighted by atomic mass is 19.4. The minimum absolute atomic E-state index is 0.139. The lowest BCUT2D eigenvalue weighted by molar-refractivity contribution is -0.298. The number of ether oxygens (including phenoxy) is 1. The average molecular weight is 641 g/mol. The van der Waals surface area contributed by atoms with E-state index in [2.05, 4.69) is 15.4 Å². The number of halogens is 6. The van der Waals surface area contributed by atoms with Gasteiger partial charge in [-0.2, -0.15) is 13.2 Å². The third-order valence-electron chi connectivity index (χ3n) is 6.19. The number of benzene rings is 1. The van der Waals surface area contributed by atoms with Crippen molar-refractivity contribution in [1.29, 1.82) is 0 Å². The quantitative estimate of drug-likeness (QED) is 0.0842. The second kappa shape index (κ2) is 18.2. The van der Waals surface area contributed by atoms with Gasteiger partial charge in [0.2, 0.25) is 17.7 Å². The Morgan fingerprint density at radius 2 is 1.61 bits per heavy atom. The van der Waals surface area contributed by atoms with Gasteiger partial charge in [-0.05, 0) is 36.6 Å². The van der Waals surface area contributed by atoms with Gasteiger partial charge in [0.05, 0.1) is 17.9 Å². The molecule has 248 valence electrons. The standard InChI is InChI=1S/C27H38F6N6O5/c1-2-17(4-3-15-44-27(31,32)33)16-37-25(43)22(23(41)18-5-7-19(8-6-18)26(28,29)30)38-24(42)20(36)9-10-21(40)39(13-11-34)14-12-35/h3-8,15,20,22-23,41H,2,9-14,16,34-36H2,1H3,(H,37,43)(H,38,42). The van der Waals surface area contributed by atoms with Gasteiger partial charge >= 0.3 is 12.5 Å². The summed E-state index contributed by atoms with van der Waals surface area (Å²) in [6, 6.07) is 0.170. The van der Waals surface area contributed by atoms with Gasteiger partial charge in [-0.15, -0.1) is 13.2 Å². The molecule has 0 fully saturated rings. The number of aliphatic hydroxyl groups excluding tert-OH is 1. The maximum absolute atomic E-state index is 13.1. The van der Waals surface area contributed by atoms with E-state index in [1.165, 1.54) is 11.0 Å². The van der Waals surface area contributed by atoms with Crippen LogP contribution in [-0.2, 0) is 25.3 Å². The van der Waals surface area contributed by atoms with E-state index in [1.807, 2.05) is 0 Å². The van der Waals surface area contributed by atoms with E-state index in [0.717, 1.165) is 18.2 Å². The first-order valence-electron chi connectivity index (χ1n) is 13.5. The van der Waals surface area contributed by atoms with E-state index in [0.29, 0.717) is 24.0 Å². The number of carbonyl (C=O) groups excluding carboxylic acids is 3. The molecule has 0 saturated heterocycles. The van der Waals surface area contributed by atoms with Gasteiger partial charge in [0.15, 0.2) is 0 Å². The molecule has 3 unspecified atom stereocenters. The van der Waals surface area contributed by atoms with Crippen LogP contribution in [0.1, 0.15) is 43.4 Å². The number of carbonyl (C=O) groups is 3. The van der Waals surface area contributed by atoms with Crippen molar-refractivity contribution in [2.45, 2.75) is 56.9 Å². The van der Waals surface area contributed by atoms with Gasteiger partial charge in [0.25, 0.3) is 0 Å². The first kappa shape index (κ1) is 38.4. The molecule has 0 heterocycles. The summed E-state index contributed by atoms with van der Waals surface area (Å²) in [5.41, 5.74) is 16.2. The van der Waals surface area contributed by atoms with Crippen LogP contribution in [0.3, 0.4) is 0 Å². The van der Waals surface area contributed by atoms with Crippen molar-refractivity contribution in [3.8, 4) is 0 Å². The molecule has 1 aromatic rings. The van der Waals surface area contributed by atoms with Crippen molar-refractivity contribution in [2.24, 2.45) is 17.2 Å². The molecule has 3 amide bonds. The number of allylic oxidation sites excluding steroid dienone is 2. The van der Waals surface area contributed by atoms with Crippen LogP contribution in [0, 0.1) is 0 Å². The molecule has 0 aliphatic carbocycles. The molecular weight excluding hydrogens is 602 g/mol. The summed E-state index contributed by atoms with van der Waals surface area (Å²) in [5.74, 6) is -2.27. The number of hydrogen-bond donors (Lipinski definition) is 6. The summed E-state index contributed by atoms with van der Waals surface area (Å²) in [7, 11) is 0. The molecule has 1 aromatic carbocycles. The van der Waals surface area contributed by atoms with E-state index in [1.54, 1.807) is 6.92 Å². The SMILES string of the molecule is CCC(=CC=COC(F)(F)F)CNC(=O)C(NC(=O)C(N)CCC(=O)N(CCN)CCN)C(O)c1ccc(C(F)(F)F)cc1. The monoisotopic (exact) mass is 640 g/mol. The first-order chi connectivity index (χ1) is 20.5. The Balaban J connectivity index is 3.10. The Kier molecular flexibility index (Phi) is 15.9. The molecule has 0 aromatic heterocycles. The zero-order chi connectivity index (χ0) is 33.5. The number of nitrogens with two attached hydrogens (primary N) is 3. The summed E-state index contributed by atoms with van der Waals surface area (Å²) in [4.78, 5) is 39.9. The highest BCUT2D eigenvalue weighted by Gasteiger charge is 2.34. The summed E-state index contributed by atoms with van der Waals surface area (Å²) in [6.45, 7) is 2.26. The molecule has 44 heavy (non-hydrogen) atoms. The van der Waals surface area contributed by atoms with Gasteiger partial charge in [-0.25, -0.2) is 0 Å². The average Bonchev–Trinajstić information content (AvgIpc) is 2.96. The molecule has 11 nitrogen and oxygen atoms in total. The van der Waals surface area contributed by atoms with Crippen molar-refractivity contribution < 1.29 is 50.6 Å². The molecule has 0 spiro atoms. The van der Waals surface area contributed by atoms with Crippen LogP contribution in [0.25, 0.3) is 0 Å². The fraction of sp³-hybridized carbons (Fsp3) is 0.519. The number of aliphatic hydroxyl groups is 1. The van der Waals surface area contributed by atoms with Crippen molar-refractivity contribution >= 4 is 17.7 Å². The predicted molar refractivity (Wildman–Crippen MR) is 148 cm³/mol. The van der Waals surface area contributed by atoms with E-state index in [-0.39, 0.29) is 63.5 Å². The molecule has 9 N–H and O–H groups in total. The van der Waals surface area contributed by atoms with E-state index >= 15 is 0 Å². The number of alkyl halides is 6. The van der Waals surface area contributed by atoms with Crippen LogP contribution in [0.2, 0.25) is 0 Å². The fourth-order valence-corrected chi connectivity index (χ4v) is 3.76. The third kappa shape index (κ3) is 13.7. The van der Waals surface area contributed by atoms with Crippen LogP contribution in [0.4, 0.5) is 26.3 Å². The zero-order valence-corrected chi connectivity index (χ0v) is 24.0. The van der Waals surface area contributed by atoms with E-state index in [4.69, 9.17) is 17.2 Å². The van der Waals surface area contributed by atoms with Gasteiger partial charge in [-0.1, -0.05) is 30.7 Å². The Bertz CT molecular complexity index is 1120. The number of amides is 3. The number of hydrogen-bond acceptors (Lipinski definition) is 8. The van der Waals surface area contributed by atoms with Crippen molar-refractivity contribution in [3.05, 3.63) is 59.4 Å². The fourth-order valence-electron chi connectivity index (χ4n) is 3.76. The van der Waals surface area contributed by atoms with Gasteiger partial charge < -0.3 is 42.6 Å². The Morgan fingerprint density at radius 3 is 2.11 bits per heavy atom. The lowest BCUT2D eigenvalue weighted by Crippen LogP contribution is -2.54. The molecular formula is C27H38F6N6O5. The number of nitrogens with one attached hydrogen (secondary N) is 2. The highest BCUT2D eigenvalue weighted by molar-refractivity contribution is 5.90. The van der Waals surface area contributed by atoms with Crippen molar-refractivity contribution in [3.63, 3.8) is 0 Å². The first-order valence-corrected chi connectivity index (χ1v) is 13.5. The highest BCUT2D eigenvalue weighted by Crippen LogP contribution is 2.30. The van der Waals surface area contributed by atoms with E-state index < -0.39 is 48.1 Å². The van der Waals surface area contributed by atoms with Crippen LogP contribution in [0.5, 0.6) is 0 Å². The molecule has 17 heteroatoms. The predicted octanol–water partition coefficient (Wildman–Crippen LogP) is 1.58. The Hall–Kier alpha value is -3.67. The minimum atomic E-state index is -4.88. The second-order valence-electron chi connectivity index (χ2n) is 9.44. The van der Waals surface area contributed by atoms with E-state index in [9.17, 15) is 45.8 Å². The smallest absolute Gasteiger partial charge is 0.414 e. The Labute approximate surface area is 250 Å². The van der Waals surface area contributed by atoms with Crippen molar-refractivity contribution in [1.82, 2.24) is 15.5 Å². The molecule has 0 saturated carbocycles. The summed E-state index contributed by atoms with van der Waals surface area (Å²) in [5, 5.41) is 15.6. The maximum Gasteiger partial charge on any atom is 0.572 e. The molecule has 1 rings (SSSR count). The second-order valence-corrected chi connectivity index (χ2v) is 9.44. The lowest BCUT2D eigenvalue weighted by atomic mass is 9.99.